The Morgan fingerprint density at radius 2 is 1.89 bits per heavy atom. The third-order valence-corrected chi connectivity index (χ3v) is 3.75. The van der Waals surface area contributed by atoms with Gasteiger partial charge in [-0.05, 0) is 51.0 Å². The van der Waals surface area contributed by atoms with Gasteiger partial charge in [-0.3, -0.25) is 0 Å². The number of rotatable bonds is 6. The Morgan fingerprint density at radius 3 is 2.56 bits per heavy atom. The zero-order valence-corrected chi connectivity index (χ0v) is 11.4. The zero-order chi connectivity index (χ0) is 12.6. The Morgan fingerprint density at radius 1 is 1.17 bits per heavy atom. The van der Waals surface area contributed by atoms with E-state index in [9.17, 15) is 0 Å². The topological polar surface area (TPSA) is 27.3 Å². The molecule has 0 bridgehead atoms. The lowest BCUT2D eigenvalue weighted by Crippen LogP contribution is -2.39. The Bertz CT molecular complexity index is 318. The lowest BCUT2D eigenvalue weighted by atomic mass is 9.96. The molecule has 0 atom stereocenters. The highest BCUT2D eigenvalue weighted by Crippen LogP contribution is 2.17. The van der Waals surface area contributed by atoms with Crippen molar-refractivity contribution in [3.8, 4) is 0 Å². The van der Waals surface area contributed by atoms with Crippen molar-refractivity contribution in [1.29, 1.82) is 0 Å². The van der Waals surface area contributed by atoms with Crippen LogP contribution in [0.3, 0.4) is 0 Å². The average molecular weight is 247 g/mol. The third-order valence-electron chi connectivity index (χ3n) is 3.75. The van der Waals surface area contributed by atoms with Crippen LogP contribution in [0.2, 0.25) is 0 Å². The number of nitrogens with zero attached hydrogens (tertiary/aromatic N) is 1. The molecule has 2 rings (SSSR count). The molecule has 1 heterocycles. The Balaban J connectivity index is 1.65. The second-order valence-corrected chi connectivity index (χ2v) is 5.14. The van der Waals surface area contributed by atoms with E-state index in [1.807, 2.05) is 7.05 Å². The van der Waals surface area contributed by atoms with Crippen molar-refractivity contribution in [1.82, 2.24) is 10.2 Å². The van der Waals surface area contributed by atoms with Crippen molar-refractivity contribution < 1.29 is 0 Å². The summed E-state index contributed by atoms with van der Waals surface area (Å²) in [4.78, 5) is 2.56. The van der Waals surface area contributed by atoms with Gasteiger partial charge >= 0.3 is 0 Å². The van der Waals surface area contributed by atoms with Crippen molar-refractivity contribution in [2.24, 2.45) is 5.92 Å². The predicted octanol–water partition coefficient (Wildman–Crippen LogP) is 2.03. The number of likely N-dealkylation sites (N-methyl/N-ethyl adjacent to an activating group) is 1. The summed E-state index contributed by atoms with van der Waals surface area (Å²) >= 11 is 0. The van der Waals surface area contributed by atoms with Crippen molar-refractivity contribution in [2.45, 2.75) is 12.8 Å². The monoisotopic (exact) mass is 247 g/mol. The number of likely N-dealkylation sites (tertiary alicyclic amines) is 1. The molecule has 0 amide bonds. The fourth-order valence-electron chi connectivity index (χ4n) is 2.50. The lowest BCUT2D eigenvalue weighted by Gasteiger charge is -2.32. The molecule has 1 aliphatic heterocycles. The second kappa shape index (κ2) is 7.39. The maximum Gasteiger partial charge on any atom is 0.0340 e. The highest BCUT2D eigenvalue weighted by atomic mass is 15.1. The minimum atomic E-state index is 0.830. The molecular formula is C15H25N3. The molecule has 100 valence electrons. The van der Waals surface area contributed by atoms with Crippen molar-refractivity contribution in [3.63, 3.8) is 0 Å². The van der Waals surface area contributed by atoms with Crippen LogP contribution in [0.25, 0.3) is 0 Å². The molecule has 1 aromatic rings. The van der Waals surface area contributed by atoms with E-state index in [0.717, 1.165) is 19.0 Å². The quantitative estimate of drug-likeness (QED) is 0.805. The van der Waals surface area contributed by atoms with Crippen LogP contribution in [0, 0.1) is 5.92 Å². The van der Waals surface area contributed by atoms with E-state index in [0.29, 0.717) is 0 Å². The van der Waals surface area contributed by atoms with Gasteiger partial charge in [0.25, 0.3) is 0 Å². The molecule has 0 spiro atoms. The van der Waals surface area contributed by atoms with Crippen LogP contribution < -0.4 is 10.6 Å². The first-order chi connectivity index (χ1) is 8.88. The van der Waals surface area contributed by atoms with Gasteiger partial charge in [0.05, 0.1) is 0 Å². The molecule has 1 saturated heterocycles. The molecule has 0 saturated carbocycles. The summed E-state index contributed by atoms with van der Waals surface area (Å²) in [7, 11) is 2.02. The fraction of sp³-hybridized carbons (Fsp3) is 0.600. The summed E-state index contributed by atoms with van der Waals surface area (Å²) in [6.07, 6.45) is 2.65. The summed E-state index contributed by atoms with van der Waals surface area (Å²) in [6.45, 7) is 5.91. The molecule has 0 aliphatic carbocycles. The van der Waals surface area contributed by atoms with Crippen molar-refractivity contribution in [2.75, 3.05) is 45.1 Å². The summed E-state index contributed by atoms with van der Waals surface area (Å²) in [5, 5.41) is 6.76. The third kappa shape index (κ3) is 4.31. The highest BCUT2D eigenvalue weighted by Gasteiger charge is 2.18. The number of piperidine rings is 1. The van der Waals surface area contributed by atoms with Gasteiger partial charge in [0.15, 0.2) is 0 Å². The molecule has 0 aromatic heterocycles. The second-order valence-electron chi connectivity index (χ2n) is 5.14. The zero-order valence-electron chi connectivity index (χ0n) is 11.4. The van der Waals surface area contributed by atoms with Crippen LogP contribution in [0.15, 0.2) is 30.3 Å². The Kier molecular flexibility index (Phi) is 5.49. The highest BCUT2D eigenvalue weighted by molar-refractivity contribution is 5.42. The van der Waals surface area contributed by atoms with Gasteiger partial charge in [-0.1, -0.05) is 18.2 Å². The molecule has 0 radical (unpaired) electrons. The smallest absolute Gasteiger partial charge is 0.0340 e. The standard InChI is InChI=1S/C15H25N3/c1-16-9-12-18-10-7-14(8-11-18)13-17-15-5-3-2-4-6-15/h2-6,14,16-17H,7-13H2,1H3. The van der Waals surface area contributed by atoms with E-state index in [-0.39, 0.29) is 0 Å². The van der Waals surface area contributed by atoms with Crippen LogP contribution in [0.1, 0.15) is 12.8 Å². The molecule has 0 unspecified atom stereocenters. The number of nitrogens with one attached hydrogen (secondary N) is 2. The summed E-state index contributed by atoms with van der Waals surface area (Å²) < 4.78 is 0. The molecule has 1 aliphatic rings. The molecular weight excluding hydrogens is 222 g/mol. The van der Waals surface area contributed by atoms with Crippen LogP contribution in [0.5, 0.6) is 0 Å². The number of anilines is 1. The minimum absolute atomic E-state index is 0.830. The number of hydrogen-bond acceptors (Lipinski definition) is 3. The fourth-order valence-corrected chi connectivity index (χ4v) is 2.50. The van der Waals surface area contributed by atoms with E-state index in [1.165, 1.54) is 38.2 Å². The van der Waals surface area contributed by atoms with Crippen molar-refractivity contribution in [3.05, 3.63) is 30.3 Å². The molecule has 18 heavy (non-hydrogen) atoms. The van der Waals surface area contributed by atoms with E-state index < -0.39 is 0 Å². The molecule has 1 fully saturated rings. The Hall–Kier alpha value is -1.06. The first kappa shape index (κ1) is 13.4. The lowest BCUT2D eigenvalue weighted by molar-refractivity contribution is 0.191. The molecule has 1 aromatic carbocycles. The van der Waals surface area contributed by atoms with Gasteiger partial charge in [0.1, 0.15) is 0 Å². The molecule has 3 heteroatoms. The first-order valence-electron chi connectivity index (χ1n) is 7.04. The van der Waals surface area contributed by atoms with Crippen LogP contribution in [-0.2, 0) is 0 Å². The summed E-state index contributed by atoms with van der Waals surface area (Å²) in [6, 6.07) is 10.5. The predicted molar refractivity (Wildman–Crippen MR) is 78.0 cm³/mol. The summed E-state index contributed by atoms with van der Waals surface area (Å²) in [5.74, 6) is 0.830. The summed E-state index contributed by atoms with van der Waals surface area (Å²) in [5.41, 5.74) is 1.25. The van der Waals surface area contributed by atoms with Gasteiger partial charge in [-0.15, -0.1) is 0 Å². The van der Waals surface area contributed by atoms with E-state index in [2.05, 4.69) is 45.9 Å². The number of benzene rings is 1. The van der Waals surface area contributed by atoms with Crippen molar-refractivity contribution >= 4 is 5.69 Å². The van der Waals surface area contributed by atoms with Crippen LogP contribution >= 0.6 is 0 Å². The number of hydrogen-bond donors (Lipinski definition) is 2. The van der Waals surface area contributed by atoms with Crippen LogP contribution in [0.4, 0.5) is 5.69 Å². The average Bonchev–Trinajstić information content (AvgIpc) is 2.45. The van der Waals surface area contributed by atoms with Gasteiger partial charge < -0.3 is 15.5 Å². The largest absolute Gasteiger partial charge is 0.385 e. The van der Waals surface area contributed by atoms with Gasteiger partial charge in [-0.25, -0.2) is 0 Å². The maximum absolute atomic E-state index is 3.54. The van der Waals surface area contributed by atoms with E-state index in [1.54, 1.807) is 0 Å². The number of para-hydroxylation sites is 1. The van der Waals surface area contributed by atoms with Crippen LogP contribution in [-0.4, -0.2) is 44.7 Å². The Labute approximate surface area is 111 Å². The normalized spacial score (nSPS) is 17.8. The van der Waals surface area contributed by atoms with E-state index >= 15 is 0 Å². The van der Waals surface area contributed by atoms with E-state index in [4.69, 9.17) is 0 Å². The first-order valence-corrected chi connectivity index (χ1v) is 7.04. The SMILES string of the molecule is CNCCN1CCC(CNc2ccccc2)CC1. The minimum Gasteiger partial charge on any atom is -0.385 e. The van der Waals surface area contributed by atoms with Gasteiger partial charge in [-0.2, -0.15) is 0 Å². The molecule has 2 N–H and O–H groups in total. The molecule has 3 nitrogen and oxygen atoms in total. The maximum atomic E-state index is 3.54. The van der Waals surface area contributed by atoms with Gasteiger partial charge in [0.2, 0.25) is 0 Å². The van der Waals surface area contributed by atoms with Gasteiger partial charge in [0, 0.05) is 25.3 Å².